The maximum atomic E-state index is 12.0. The average Bonchev–Trinajstić information content (AvgIpc) is 2.83. The molecule has 2 rings (SSSR count). The lowest BCUT2D eigenvalue weighted by Crippen LogP contribution is -2.17. The second-order valence-electron chi connectivity index (χ2n) is 4.75. The third-order valence-electron chi connectivity index (χ3n) is 2.99. The van der Waals surface area contributed by atoms with Crippen LogP contribution in [0.15, 0.2) is 35.7 Å². The smallest absolute Gasteiger partial charge is 0.303 e. The van der Waals surface area contributed by atoms with Gasteiger partial charge in [-0.2, -0.15) is 0 Å². The van der Waals surface area contributed by atoms with Crippen molar-refractivity contribution in [2.75, 3.05) is 5.32 Å². The van der Waals surface area contributed by atoms with Gasteiger partial charge >= 0.3 is 5.97 Å². The normalized spacial score (nSPS) is 11.9. The summed E-state index contributed by atoms with van der Waals surface area (Å²) in [5.74, 6) is -1.48. The van der Waals surface area contributed by atoms with Crippen LogP contribution in [0.3, 0.4) is 0 Å². The van der Waals surface area contributed by atoms with Gasteiger partial charge in [0.1, 0.15) is 0 Å². The maximum Gasteiger partial charge on any atom is 0.303 e. The second kappa shape index (κ2) is 6.99. The van der Waals surface area contributed by atoms with Crippen molar-refractivity contribution >= 4 is 28.3 Å². The molecule has 0 fully saturated rings. The van der Waals surface area contributed by atoms with Gasteiger partial charge in [-0.1, -0.05) is 30.3 Å². The van der Waals surface area contributed by atoms with E-state index in [1.165, 1.54) is 11.3 Å². The van der Waals surface area contributed by atoms with E-state index in [2.05, 4.69) is 10.3 Å². The number of benzene rings is 1. The highest BCUT2D eigenvalue weighted by molar-refractivity contribution is 7.13. The Bertz CT molecular complexity index is 625. The first kappa shape index (κ1) is 15.2. The third kappa shape index (κ3) is 4.68. The first-order valence-corrected chi connectivity index (χ1v) is 7.41. The van der Waals surface area contributed by atoms with Crippen molar-refractivity contribution in [3.05, 3.63) is 47.0 Å². The number of hydrogen-bond donors (Lipinski definition) is 2. The predicted molar refractivity (Wildman–Crippen MR) is 81.5 cm³/mol. The quantitative estimate of drug-likeness (QED) is 0.859. The largest absolute Gasteiger partial charge is 0.481 e. The molecular weight excluding hydrogens is 288 g/mol. The zero-order chi connectivity index (χ0) is 15.2. The van der Waals surface area contributed by atoms with Crippen LogP contribution >= 0.6 is 11.3 Å². The molecule has 1 unspecified atom stereocenters. The number of aryl methyl sites for hydroxylation is 1. The topological polar surface area (TPSA) is 79.3 Å². The molecule has 0 aliphatic heterocycles. The van der Waals surface area contributed by atoms with Gasteiger partial charge in [-0.05, 0) is 12.5 Å². The summed E-state index contributed by atoms with van der Waals surface area (Å²) in [6.45, 7) is 1.85. The maximum absolute atomic E-state index is 12.0. The number of aromatic nitrogens is 1. The highest BCUT2D eigenvalue weighted by Crippen LogP contribution is 2.24. The molecule has 0 aliphatic rings. The lowest BCUT2D eigenvalue weighted by Gasteiger charge is -2.14. The Morgan fingerprint density at radius 3 is 2.57 bits per heavy atom. The van der Waals surface area contributed by atoms with E-state index in [-0.39, 0.29) is 24.7 Å². The highest BCUT2D eigenvalue weighted by Gasteiger charge is 2.19. The molecule has 6 heteroatoms. The molecule has 21 heavy (non-hydrogen) atoms. The van der Waals surface area contributed by atoms with Gasteiger partial charge in [-0.15, -0.1) is 11.3 Å². The van der Waals surface area contributed by atoms with E-state index in [0.29, 0.717) is 5.13 Å². The molecule has 110 valence electrons. The van der Waals surface area contributed by atoms with Crippen LogP contribution in [0, 0.1) is 6.92 Å². The van der Waals surface area contributed by atoms with E-state index in [1.54, 1.807) is 0 Å². The van der Waals surface area contributed by atoms with Crippen LogP contribution in [0.5, 0.6) is 0 Å². The number of carbonyl (C=O) groups excluding carboxylic acids is 1. The fraction of sp³-hybridized carbons (Fsp3) is 0.267. The number of aliphatic carboxylic acids is 1. The van der Waals surface area contributed by atoms with Crippen LogP contribution in [-0.2, 0) is 9.59 Å². The molecule has 0 radical (unpaired) electrons. The average molecular weight is 304 g/mol. The molecular formula is C15H16N2O3S. The van der Waals surface area contributed by atoms with Gasteiger partial charge in [0.15, 0.2) is 5.13 Å². The van der Waals surface area contributed by atoms with Gasteiger partial charge in [0, 0.05) is 17.7 Å². The number of carboxylic acids is 1. The van der Waals surface area contributed by atoms with Crippen LogP contribution in [0.25, 0.3) is 0 Å². The molecule has 0 bridgehead atoms. The molecule has 1 atom stereocenters. The lowest BCUT2D eigenvalue weighted by atomic mass is 9.92. The van der Waals surface area contributed by atoms with Gasteiger partial charge in [-0.3, -0.25) is 9.59 Å². The first-order valence-electron chi connectivity index (χ1n) is 6.53. The van der Waals surface area contributed by atoms with Gasteiger partial charge in [0.05, 0.1) is 12.1 Å². The molecule has 1 amide bonds. The Kier molecular flexibility index (Phi) is 5.05. The van der Waals surface area contributed by atoms with E-state index >= 15 is 0 Å². The van der Waals surface area contributed by atoms with Crippen LogP contribution < -0.4 is 5.32 Å². The summed E-state index contributed by atoms with van der Waals surface area (Å²) >= 11 is 1.36. The summed E-state index contributed by atoms with van der Waals surface area (Å²) in [4.78, 5) is 27.2. The minimum absolute atomic E-state index is 0.0751. The summed E-state index contributed by atoms with van der Waals surface area (Å²) in [6.07, 6.45) is 0.0449. The van der Waals surface area contributed by atoms with Crippen molar-refractivity contribution in [3.63, 3.8) is 0 Å². The number of thiazole rings is 1. The molecule has 0 saturated heterocycles. The first-order chi connectivity index (χ1) is 10.0. The molecule has 1 aromatic heterocycles. The Morgan fingerprint density at radius 2 is 2.00 bits per heavy atom. The van der Waals surface area contributed by atoms with Gasteiger partial charge in [-0.25, -0.2) is 4.98 Å². The van der Waals surface area contributed by atoms with E-state index < -0.39 is 5.97 Å². The van der Waals surface area contributed by atoms with Crippen LogP contribution in [-0.4, -0.2) is 22.0 Å². The molecule has 0 saturated carbocycles. The van der Waals surface area contributed by atoms with E-state index in [4.69, 9.17) is 5.11 Å². The molecule has 1 heterocycles. The number of carbonyl (C=O) groups is 2. The fourth-order valence-corrected chi connectivity index (χ4v) is 2.75. The molecule has 2 N–H and O–H groups in total. The third-order valence-corrected chi connectivity index (χ3v) is 3.86. The van der Waals surface area contributed by atoms with Crippen LogP contribution in [0.2, 0.25) is 0 Å². The Morgan fingerprint density at radius 1 is 1.29 bits per heavy atom. The van der Waals surface area contributed by atoms with Crippen LogP contribution in [0.1, 0.15) is 30.0 Å². The van der Waals surface area contributed by atoms with Gasteiger partial charge in [0.2, 0.25) is 5.91 Å². The predicted octanol–water partition coefficient (Wildman–Crippen LogP) is 3.04. The SMILES string of the molecule is Cc1csc(NC(=O)CC(CC(=O)O)c2ccccc2)n1. The Labute approximate surface area is 126 Å². The van der Waals surface area contributed by atoms with E-state index in [9.17, 15) is 9.59 Å². The van der Waals surface area contributed by atoms with Crippen molar-refractivity contribution < 1.29 is 14.7 Å². The Hall–Kier alpha value is -2.21. The number of nitrogens with zero attached hydrogens (tertiary/aromatic N) is 1. The number of hydrogen-bond acceptors (Lipinski definition) is 4. The second-order valence-corrected chi connectivity index (χ2v) is 5.61. The number of nitrogens with one attached hydrogen (secondary N) is 1. The zero-order valence-electron chi connectivity index (χ0n) is 11.6. The molecule has 0 spiro atoms. The highest BCUT2D eigenvalue weighted by atomic mass is 32.1. The fourth-order valence-electron chi connectivity index (χ4n) is 2.05. The van der Waals surface area contributed by atoms with Crippen molar-refractivity contribution in [2.24, 2.45) is 0 Å². The Balaban J connectivity index is 2.04. The molecule has 2 aromatic rings. The minimum atomic E-state index is -0.915. The molecule has 1 aromatic carbocycles. The zero-order valence-corrected chi connectivity index (χ0v) is 12.4. The van der Waals surface area contributed by atoms with E-state index in [1.807, 2.05) is 42.6 Å². The van der Waals surface area contributed by atoms with Crippen molar-refractivity contribution in [3.8, 4) is 0 Å². The van der Waals surface area contributed by atoms with Crippen molar-refractivity contribution in [1.82, 2.24) is 4.98 Å². The van der Waals surface area contributed by atoms with Gasteiger partial charge in [0.25, 0.3) is 0 Å². The van der Waals surface area contributed by atoms with Crippen molar-refractivity contribution in [2.45, 2.75) is 25.7 Å². The summed E-state index contributed by atoms with van der Waals surface area (Å²) in [5.41, 5.74) is 1.70. The number of carboxylic acid groups (broad SMARTS) is 1. The number of anilines is 1. The summed E-state index contributed by atoms with van der Waals surface area (Å²) < 4.78 is 0. The summed E-state index contributed by atoms with van der Waals surface area (Å²) in [6, 6.07) is 9.22. The van der Waals surface area contributed by atoms with Crippen molar-refractivity contribution in [1.29, 1.82) is 0 Å². The monoisotopic (exact) mass is 304 g/mol. The van der Waals surface area contributed by atoms with Crippen LogP contribution in [0.4, 0.5) is 5.13 Å². The molecule has 0 aliphatic carbocycles. The summed E-state index contributed by atoms with van der Waals surface area (Å²) in [5, 5.41) is 14.1. The number of amides is 1. The standard InChI is InChI=1S/C15H16N2O3S/c1-10-9-21-15(16-10)17-13(18)7-12(8-14(19)20)11-5-3-2-4-6-11/h2-6,9,12H,7-8H2,1H3,(H,19,20)(H,16,17,18). The lowest BCUT2D eigenvalue weighted by molar-refractivity contribution is -0.137. The number of rotatable bonds is 6. The summed E-state index contributed by atoms with van der Waals surface area (Å²) in [7, 11) is 0. The van der Waals surface area contributed by atoms with Gasteiger partial charge < -0.3 is 10.4 Å². The molecule has 5 nitrogen and oxygen atoms in total. The van der Waals surface area contributed by atoms with E-state index in [0.717, 1.165) is 11.3 Å². The minimum Gasteiger partial charge on any atom is -0.481 e.